The normalized spacial score (nSPS) is 11.8. The minimum atomic E-state index is 0.890. The van der Waals surface area contributed by atoms with Gasteiger partial charge in [0.25, 0.3) is 0 Å². The van der Waals surface area contributed by atoms with Crippen LogP contribution in [0.15, 0.2) is 505 Å². The number of fused-ring (bicyclic) bond motifs is 21. The molecular weight excluding hydrogens is 1650 g/mol. The molecule has 25 aromatic carbocycles. The Bertz CT molecular complexity index is 9730. The van der Waals surface area contributed by atoms with Crippen molar-refractivity contribution in [3.05, 3.63) is 491 Å². The van der Waals surface area contributed by atoms with Crippen molar-refractivity contribution in [3.63, 3.8) is 0 Å². The number of hydrogen-bond donors (Lipinski definition) is 0. The Balaban J connectivity index is 0.000000103. The van der Waals surface area contributed by atoms with Crippen molar-refractivity contribution in [2.45, 2.75) is 0 Å². The van der Waals surface area contributed by atoms with Gasteiger partial charge in [-0.25, -0.2) is 0 Å². The fraction of sp³-hybridized carbons (Fsp3) is 0. The van der Waals surface area contributed by atoms with E-state index in [0.29, 0.717) is 0 Å². The second-order valence-corrected chi connectivity index (χ2v) is 35.7. The summed E-state index contributed by atoms with van der Waals surface area (Å²) < 4.78 is 22.5. The molecule has 0 radical (unpaired) electrons. The highest BCUT2D eigenvalue weighted by atomic mass is 16.3. The molecule has 0 amide bonds. The third-order valence-corrected chi connectivity index (χ3v) is 28.2. The first-order valence-electron chi connectivity index (χ1n) is 46.7. The van der Waals surface area contributed by atoms with Crippen LogP contribution >= 0.6 is 0 Å². The summed E-state index contributed by atoms with van der Waals surface area (Å²) in [5.41, 5.74) is 28.1. The number of furan rings is 3. The van der Waals surface area contributed by atoms with Gasteiger partial charge in [-0.1, -0.05) is 419 Å². The number of hydrogen-bond acceptors (Lipinski definition) is 3. The Kier molecular flexibility index (Phi) is 18.3. The molecule has 4 heteroatoms. The number of nitrogens with zero attached hydrogens (tertiary/aromatic N) is 1. The SMILES string of the molecule is c1ccc(-c2c3ccccc3c(-c3ccc(-n4c5ccccc5c5ccccc54)c4oc5ccccc5c34)c3ccccc23)cc1.c1ccc(-c2ccc(-c3c4ccccc4c(-c4ccc5ccccc5c4)c4ccccc34)c3c2oc2ccccc23)cc1.c1ccc2cc(-c3cc(-c4c5ccccc5c(-c5ccc6ccccc6c5)c5ccccc45)c4c(c3)oc3ccccc34)ccc2c1. The summed E-state index contributed by atoms with van der Waals surface area (Å²) in [5, 5.41) is 31.7. The van der Waals surface area contributed by atoms with Gasteiger partial charge in [0.15, 0.2) is 5.58 Å². The molecule has 4 aromatic heterocycles. The average Bonchev–Trinajstić information content (AvgIpc) is 1.36. The fourth-order valence-corrected chi connectivity index (χ4v) is 22.3. The van der Waals surface area contributed by atoms with Crippen LogP contribution in [0.25, 0.3) is 279 Å². The Morgan fingerprint density at radius 1 is 0.140 bits per heavy atom. The molecule has 136 heavy (non-hydrogen) atoms. The predicted molar refractivity (Wildman–Crippen MR) is 577 cm³/mol. The molecule has 0 fully saturated rings. The van der Waals surface area contributed by atoms with Crippen LogP contribution in [0.2, 0.25) is 0 Å². The first-order valence-corrected chi connectivity index (χ1v) is 46.7. The summed E-state index contributed by atoms with van der Waals surface area (Å²) in [6, 6.07) is 177. The molecule has 0 aliphatic carbocycles. The summed E-state index contributed by atoms with van der Waals surface area (Å²) in [4.78, 5) is 0. The number of para-hydroxylation sites is 5. The minimum absolute atomic E-state index is 0.890. The van der Waals surface area contributed by atoms with E-state index in [4.69, 9.17) is 13.3 Å². The van der Waals surface area contributed by atoms with Crippen molar-refractivity contribution in [3.8, 4) is 94.7 Å². The maximum atomic E-state index is 6.86. The molecule has 0 aliphatic rings. The smallest absolute Gasteiger partial charge is 0.160 e. The van der Waals surface area contributed by atoms with Crippen LogP contribution in [-0.2, 0) is 0 Å². The molecule has 4 nitrogen and oxygen atoms in total. The highest BCUT2D eigenvalue weighted by Crippen LogP contribution is 2.54. The molecule has 29 aromatic rings. The van der Waals surface area contributed by atoms with E-state index in [1.165, 1.54) is 191 Å². The molecule has 0 unspecified atom stereocenters. The number of benzene rings is 25. The third kappa shape index (κ3) is 12.6. The van der Waals surface area contributed by atoms with Crippen LogP contribution in [0.3, 0.4) is 0 Å². The molecule has 0 saturated heterocycles. The maximum absolute atomic E-state index is 6.86. The lowest BCUT2D eigenvalue weighted by Gasteiger charge is -2.19. The molecule has 0 spiro atoms. The Labute approximate surface area is 782 Å². The van der Waals surface area contributed by atoms with Gasteiger partial charge in [0.1, 0.15) is 27.9 Å². The Morgan fingerprint density at radius 3 is 0.868 bits per heavy atom. The lowest BCUT2D eigenvalue weighted by atomic mass is 9.84. The van der Waals surface area contributed by atoms with Crippen molar-refractivity contribution >= 4 is 185 Å². The van der Waals surface area contributed by atoms with E-state index in [2.05, 4.69) is 496 Å². The van der Waals surface area contributed by atoms with Gasteiger partial charge in [-0.05, 0) is 253 Å². The molecule has 29 rings (SSSR count). The van der Waals surface area contributed by atoms with E-state index in [-0.39, 0.29) is 0 Å². The van der Waals surface area contributed by atoms with E-state index >= 15 is 0 Å². The monoisotopic (exact) mass is 1730 g/mol. The van der Waals surface area contributed by atoms with Gasteiger partial charge >= 0.3 is 0 Å². The summed E-state index contributed by atoms with van der Waals surface area (Å²) in [7, 11) is 0. The molecule has 632 valence electrons. The summed E-state index contributed by atoms with van der Waals surface area (Å²) in [6.07, 6.45) is 0. The van der Waals surface area contributed by atoms with Crippen molar-refractivity contribution < 1.29 is 13.3 Å². The van der Waals surface area contributed by atoms with E-state index in [0.717, 1.165) is 88.2 Å². The fourth-order valence-electron chi connectivity index (χ4n) is 22.3. The first kappa shape index (κ1) is 77.9. The van der Waals surface area contributed by atoms with Crippen LogP contribution in [0.1, 0.15) is 0 Å². The number of aromatic nitrogens is 1. The number of rotatable bonds is 9. The van der Waals surface area contributed by atoms with Crippen molar-refractivity contribution in [1.29, 1.82) is 0 Å². The largest absolute Gasteiger partial charge is 0.456 e. The highest BCUT2D eigenvalue weighted by molar-refractivity contribution is 6.31. The molecule has 0 aliphatic heterocycles. The molecule has 0 atom stereocenters. The Morgan fingerprint density at radius 2 is 0.434 bits per heavy atom. The summed E-state index contributed by atoms with van der Waals surface area (Å²) >= 11 is 0. The van der Waals surface area contributed by atoms with Gasteiger partial charge in [-0.15, -0.1) is 0 Å². The van der Waals surface area contributed by atoms with Crippen LogP contribution < -0.4 is 0 Å². The molecule has 4 heterocycles. The van der Waals surface area contributed by atoms with Gasteiger partial charge in [-0.2, -0.15) is 0 Å². The second kappa shape index (κ2) is 32.0. The highest BCUT2D eigenvalue weighted by Gasteiger charge is 2.29. The van der Waals surface area contributed by atoms with Crippen LogP contribution in [-0.4, -0.2) is 4.57 Å². The average molecular weight is 1730 g/mol. The standard InChI is InChI=1S/C46H28O.C44H27NO.C42H26O/c1-3-13-31-25-33(23-21-29(31)11-1)35-27-41(46-40-19-9-10-20-42(40)47-43(46)28-35)45-38-17-7-5-15-36(38)44(37-16-6-8-18-39(37)45)34-24-22-30-12-2-4-14-32(30)26-34;1-2-14-28(15-3-1)41-31-18-4-6-20-33(31)42(34-21-7-5-19-32(34)41)36-26-27-39(44-43(36)35-22-10-13-25-40(35)46-44)45-37-23-11-8-16-29(37)30-17-9-12-24-38(30)45;1-2-13-28(14-3-1)31-24-25-37(41-36-20-10-11-21-38(36)43-42(31)41)40-34-18-8-6-16-32(34)39(33-17-7-9-19-35(33)40)30-23-22-27-12-4-5-15-29(27)26-30/h1-28H;1-27H;1-26H. The van der Waals surface area contributed by atoms with Crippen molar-refractivity contribution in [2.75, 3.05) is 0 Å². The van der Waals surface area contributed by atoms with Gasteiger partial charge in [-0.3, -0.25) is 0 Å². The second-order valence-electron chi connectivity index (χ2n) is 35.7. The molecule has 0 saturated carbocycles. The van der Waals surface area contributed by atoms with Gasteiger partial charge in [0.2, 0.25) is 0 Å². The van der Waals surface area contributed by atoms with Crippen molar-refractivity contribution in [1.82, 2.24) is 4.57 Å². The van der Waals surface area contributed by atoms with Crippen LogP contribution in [0.4, 0.5) is 0 Å². The zero-order valence-corrected chi connectivity index (χ0v) is 73.9. The van der Waals surface area contributed by atoms with Gasteiger partial charge < -0.3 is 17.8 Å². The van der Waals surface area contributed by atoms with Gasteiger partial charge in [0.05, 0.1) is 16.7 Å². The predicted octanol–water partition coefficient (Wildman–Crippen LogP) is 37.6. The van der Waals surface area contributed by atoms with E-state index in [1.807, 2.05) is 0 Å². The van der Waals surface area contributed by atoms with E-state index < -0.39 is 0 Å². The van der Waals surface area contributed by atoms with E-state index in [9.17, 15) is 0 Å². The van der Waals surface area contributed by atoms with Crippen LogP contribution in [0, 0.1) is 0 Å². The zero-order chi connectivity index (χ0) is 89.4. The Hall–Kier alpha value is -18.0. The molecule has 0 bridgehead atoms. The quantitative estimate of drug-likeness (QED) is 0.135. The summed E-state index contributed by atoms with van der Waals surface area (Å²) in [5.74, 6) is 0. The van der Waals surface area contributed by atoms with Gasteiger partial charge in [0, 0.05) is 48.7 Å². The topological polar surface area (TPSA) is 44.4 Å². The first-order chi connectivity index (χ1) is 67.5. The lowest BCUT2D eigenvalue weighted by molar-refractivity contribution is 0.666. The minimum Gasteiger partial charge on any atom is -0.456 e. The lowest BCUT2D eigenvalue weighted by Crippen LogP contribution is -1.96. The zero-order valence-electron chi connectivity index (χ0n) is 73.9. The molecular formula is C132H81NO3. The maximum Gasteiger partial charge on any atom is 0.160 e. The third-order valence-electron chi connectivity index (χ3n) is 28.2. The van der Waals surface area contributed by atoms with Crippen molar-refractivity contribution in [2.24, 2.45) is 0 Å². The summed E-state index contributed by atoms with van der Waals surface area (Å²) in [6.45, 7) is 0. The van der Waals surface area contributed by atoms with E-state index in [1.54, 1.807) is 0 Å². The van der Waals surface area contributed by atoms with Crippen LogP contribution in [0.5, 0.6) is 0 Å². The molecule has 0 N–H and O–H groups in total.